The van der Waals surface area contributed by atoms with E-state index in [0.29, 0.717) is 0 Å². The SMILES string of the molecule is O=C(c1ccc(NCCO)c([N+](=O)[O-])c1)c1ccc(NCCO)c([N+](=O)[O-])c1. The van der Waals surface area contributed by atoms with Gasteiger partial charge in [0.05, 0.1) is 23.1 Å². The molecule has 0 heterocycles. The van der Waals surface area contributed by atoms with Crippen LogP contribution in [0.1, 0.15) is 15.9 Å². The average molecular weight is 390 g/mol. The zero-order valence-electron chi connectivity index (χ0n) is 14.6. The summed E-state index contributed by atoms with van der Waals surface area (Å²) < 4.78 is 0. The van der Waals surface area contributed by atoms with Crippen molar-refractivity contribution < 1.29 is 24.9 Å². The molecule has 0 amide bonds. The van der Waals surface area contributed by atoms with Crippen LogP contribution in [-0.4, -0.2) is 52.1 Å². The fourth-order valence-corrected chi connectivity index (χ4v) is 2.49. The van der Waals surface area contributed by atoms with Crippen LogP contribution in [0.25, 0.3) is 0 Å². The van der Waals surface area contributed by atoms with E-state index in [0.717, 1.165) is 12.1 Å². The number of aliphatic hydroxyl groups is 2. The summed E-state index contributed by atoms with van der Waals surface area (Å²) in [6, 6.07) is 7.55. The summed E-state index contributed by atoms with van der Waals surface area (Å²) in [5, 5.41) is 45.5. The van der Waals surface area contributed by atoms with Gasteiger partial charge in [-0.05, 0) is 24.3 Å². The number of aliphatic hydroxyl groups excluding tert-OH is 2. The van der Waals surface area contributed by atoms with Crippen LogP contribution < -0.4 is 10.6 Å². The average Bonchev–Trinajstić information content (AvgIpc) is 2.69. The Labute approximate surface area is 158 Å². The standard InChI is InChI=1S/C17H18N4O7/c22-7-5-18-13-3-1-11(9-15(13)20(25)26)17(24)12-2-4-14(19-6-8-23)16(10-12)21(27)28/h1-4,9-10,18-19,22-23H,5-8H2. The molecular weight excluding hydrogens is 372 g/mol. The Morgan fingerprint density at radius 2 is 1.21 bits per heavy atom. The predicted octanol–water partition coefficient (Wildman–Crippen LogP) is 1.54. The van der Waals surface area contributed by atoms with Crippen molar-refractivity contribution in [2.45, 2.75) is 0 Å². The summed E-state index contributed by atoms with van der Waals surface area (Å²) in [5.41, 5.74) is -0.432. The van der Waals surface area contributed by atoms with E-state index in [1.807, 2.05) is 0 Å². The molecule has 0 radical (unpaired) electrons. The Morgan fingerprint density at radius 1 is 0.821 bits per heavy atom. The smallest absolute Gasteiger partial charge is 0.293 e. The maximum Gasteiger partial charge on any atom is 0.293 e. The van der Waals surface area contributed by atoms with Crippen LogP contribution in [0, 0.1) is 20.2 Å². The lowest BCUT2D eigenvalue weighted by Crippen LogP contribution is -2.10. The number of nitrogens with zero attached hydrogens (tertiary/aromatic N) is 2. The molecule has 0 bridgehead atoms. The van der Waals surface area contributed by atoms with Crippen LogP contribution in [0.3, 0.4) is 0 Å². The zero-order valence-corrected chi connectivity index (χ0v) is 14.6. The summed E-state index contributed by atoms with van der Waals surface area (Å²) in [5.74, 6) is -0.617. The predicted molar refractivity (Wildman–Crippen MR) is 101 cm³/mol. The molecule has 0 aliphatic rings. The van der Waals surface area contributed by atoms with Crippen LogP contribution in [-0.2, 0) is 0 Å². The molecule has 0 fully saturated rings. The van der Waals surface area contributed by atoms with Crippen molar-refractivity contribution in [1.29, 1.82) is 0 Å². The first-order valence-electron chi connectivity index (χ1n) is 8.20. The first kappa shape index (κ1) is 20.7. The number of carbonyl (C=O) groups is 1. The molecule has 0 atom stereocenters. The topological polar surface area (TPSA) is 168 Å². The van der Waals surface area contributed by atoms with Crippen molar-refractivity contribution >= 4 is 28.5 Å². The van der Waals surface area contributed by atoms with Crippen LogP contribution in [0.5, 0.6) is 0 Å². The first-order valence-corrected chi connectivity index (χ1v) is 8.20. The van der Waals surface area contributed by atoms with Gasteiger partial charge in [-0.15, -0.1) is 0 Å². The molecule has 0 unspecified atom stereocenters. The number of benzene rings is 2. The molecule has 2 aromatic rings. The normalized spacial score (nSPS) is 10.4. The van der Waals surface area contributed by atoms with Gasteiger partial charge in [0.25, 0.3) is 11.4 Å². The molecule has 28 heavy (non-hydrogen) atoms. The Kier molecular flexibility index (Phi) is 6.96. The van der Waals surface area contributed by atoms with E-state index in [1.165, 1.54) is 24.3 Å². The number of nitrogens with one attached hydrogen (secondary N) is 2. The van der Waals surface area contributed by atoms with E-state index >= 15 is 0 Å². The minimum absolute atomic E-state index is 0.00776. The van der Waals surface area contributed by atoms with Gasteiger partial charge in [-0.25, -0.2) is 0 Å². The zero-order chi connectivity index (χ0) is 20.7. The quantitative estimate of drug-likeness (QED) is 0.267. The van der Waals surface area contributed by atoms with Crippen molar-refractivity contribution in [1.82, 2.24) is 0 Å². The van der Waals surface area contributed by atoms with Crippen molar-refractivity contribution in [2.24, 2.45) is 0 Å². The van der Waals surface area contributed by atoms with Gasteiger partial charge in [-0.3, -0.25) is 25.0 Å². The van der Waals surface area contributed by atoms with Gasteiger partial charge in [0.2, 0.25) is 0 Å². The molecule has 4 N–H and O–H groups in total. The third kappa shape index (κ3) is 4.78. The Balaban J connectivity index is 2.39. The highest BCUT2D eigenvalue weighted by molar-refractivity contribution is 6.10. The van der Waals surface area contributed by atoms with Crippen LogP contribution >= 0.6 is 0 Å². The van der Waals surface area contributed by atoms with Crippen molar-refractivity contribution in [3.05, 3.63) is 67.8 Å². The van der Waals surface area contributed by atoms with E-state index in [9.17, 15) is 25.0 Å². The molecule has 11 heteroatoms. The summed E-state index contributed by atoms with van der Waals surface area (Å²) >= 11 is 0. The number of nitro groups is 2. The molecule has 0 saturated heterocycles. The second-order valence-electron chi connectivity index (χ2n) is 5.61. The number of nitro benzene ring substituents is 2. The minimum Gasteiger partial charge on any atom is -0.395 e. The van der Waals surface area contributed by atoms with Gasteiger partial charge in [-0.2, -0.15) is 0 Å². The van der Waals surface area contributed by atoms with E-state index < -0.39 is 15.6 Å². The number of hydrogen-bond donors (Lipinski definition) is 4. The lowest BCUT2D eigenvalue weighted by atomic mass is 10.0. The summed E-state index contributed by atoms with van der Waals surface area (Å²) in [7, 11) is 0. The van der Waals surface area contributed by atoms with Crippen LogP contribution in [0.4, 0.5) is 22.7 Å². The van der Waals surface area contributed by atoms with Gasteiger partial charge in [0, 0.05) is 36.3 Å². The molecule has 0 spiro atoms. The molecule has 0 aliphatic carbocycles. The largest absolute Gasteiger partial charge is 0.395 e. The van der Waals surface area contributed by atoms with Gasteiger partial charge < -0.3 is 20.8 Å². The van der Waals surface area contributed by atoms with Gasteiger partial charge in [0.15, 0.2) is 5.78 Å². The highest BCUT2D eigenvalue weighted by atomic mass is 16.6. The minimum atomic E-state index is -0.666. The third-order valence-electron chi connectivity index (χ3n) is 3.77. The molecular formula is C17H18N4O7. The number of hydrogen-bond acceptors (Lipinski definition) is 9. The van der Waals surface area contributed by atoms with Crippen LogP contribution in [0.15, 0.2) is 36.4 Å². The van der Waals surface area contributed by atoms with Crippen molar-refractivity contribution in [2.75, 3.05) is 36.9 Å². The fourth-order valence-electron chi connectivity index (χ4n) is 2.49. The van der Waals surface area contributed by atoms with Crippen LogP contribution in [0.2, 0.25) is 0 Å². The Bertz CT molecular complexity index is 830. The van der Waals surface area contributed by atoms with E-state index in [4.69, 9.17) is 10.2 Å². The summed E-state index contributed by atoms with van der Waals surface area (Å²) in [6.07, 6.45) is 0. The highest BCUT2D eigenvalue weighted by Crippen LogP contribution is 2.29. The fraction of sp³-hybridized carbons (Fsp3) is 0.235. The second kappa shape index (κ2) is 9.39. The summed E-state index contributed by atoms with van der Waals surface area (Å²) in [4.78, 5) is 33.9. The Morgan fingerprint density at radius 3 is 1.54 bits per heavy atom. The molecule has 2 rings (SSSR count). The van der Waals surface area contributed by atoms with Gasteiger partial charge in [-0.1, -0.05) is 0 Å². The second-order valence-corrected chi connectivity index (χ2v) is 5.61. The molecule has 11 nitrogen and oxygen atoms in total. The highest BCUT2D eigenvalue weighted by Gasteiger charge is 2.21. The van der Waals surface area contributed by atoms with Gasteiger partial charge >= 0.3 is 0 Å². The number of anilines is 2. The molecule has 148 valence electrons. The summed E-state index contributed by atoms with van der Waals surface area (Å²) in [6.45, 7) is -0.248. The first-order chi connectivity index (χ1) is 13.4. The lowest BCUT2D eigenvalue weighted by molar-refractivity contribution is -0.384. The van der Waals surface area contributed by atoms with Crippen molar-refractivity contribution in [3.8, 4) is 0 Å². The van der Waals surface area contributed by atoms with Crippen molar-refractivity contribution in [3.63, 3.8) is 0 Å². The Hall–Kier alpha value is -3.57. The number of ketones is 1. The van der Waals surface area contributed by atoms with E-state index in [1.54, 1.807) is 0 Å². The molecule has 0 aliphatic heterocycles. The van der Waals surface area contributed by atoms with Gasteiger partial charge in [0.1, 0.15) is 11.4 Å². The molecule has 0 aromatic heterocycles. The maximum absolute atomic E-state index is 12.7. The van der Waals surface area contributed by atoms with E-state index in [2.05, 4.69) is 10.6 Å². The number of rotatable bonds is 10. The monoisotopic (exact) mass is 390 g/mol. The number of carbonyl (C=O) groups excluding carboxylic acids is 1. The third-order valence-corrected chi connectivity index (χ3v) is 3.77. The lowest BCUT2D eigenvalue weighted by Gasteiger charge is -2.09. The maximum atomic E-state index is 12.7. The van der Waals surface area contributed by atoms with E-state index in [-0.39, 0.29) is 60.2 Å². The molecule has 2 aromatic carbocycles. The molecule has 0 saturated carbocycles.